The number of nitrogens with zero attached hydrogens (tertiary/aromatic N) is 1. The molecule has 252 valence electrons. The predicted octanol–water partition coefficient (Wildman–Crippen LogP) is 5.15. The molecule has 9 heteroatoms. The second kappa shape index (κ2) is 18.4. The van der Waals surface area contributed by atoms with E-state index in [9.17, 15) is 19.2 Å². The van der Waals surface area contributed by atoms with Crippen LogP contribution in [0.5, 0.6) is 0 Å². The van der Waals surface area contributed by atoms with Gasteiger partial charge in [-0.15, -0.1) is 0 Å². The number of unbranched alkanes of at least 4 members (excludes halogenated alkanes) is 1. The minimum atomic E-state index is -0.912. The van der Waals surface area contributed by atoms with Gasteiger partial charge >= 0.3 is 11.9 Å². The number of aryl methyl sites for hydroxylation is 1. The summed E-state index contributed by atoms with van der Waals surface area (Å²) in [7, 11) is 0. The van der Waals surface area contributed by atoms with Gasteiger partial charge in [-0.3, -0.25) is 19.7 Å². The first-order chi connectivity index (χ1) is 22.0. The summed E-state index contributed by atoms with van der Waals surface area (Å²) in [6.45, 7) is 9.26. The Morgan fingerprint density at radius 2 is 1.50 bits per heavy atom. The van der Waals surface area contributed by atoms with Crippen molar-refractivity contribution in [3.05, 3.63) is 71.8 Å². The summed E-state index contributed by atoms with van der Waals surface area (Å²) >= 11 is 0. The molecule has 0 aliphatic heterocycles. The number of carbonyl (C=O) groups is 4. The second-order valence-electron chi connectivity index (χ2n) is 13.2. The molecule has 3 rings (SSSR count). The van der Waals surface area contributed by atoms with Gasteiger partial charge in [-0.25, -0.2) is 4.79 Å². The van der Waals surface area contributed by atoms with Crippen LogP contribution < -0.4 is 10.6 Å². The van der Waals surface area contributed by atoms with Crippen LogP contribution >= 0.6 is 0 Å². The van der Waals surface area contributed by atoms with Crippen molar-refractivity contribution in [3.8, 4) is 0 Å². The molecule has 46 heavy (non-hydrogen) atoms. The zero-order chi connectivity index (χ0) is 33.5. The SMILES string of the molecule is CCCCOC(=O)[C@@H](CCc1ccccc1)N[C@@H](C)C(=O)N(CC(=O)N[C@@H](Cc1ccccc1)C(=O)OC(C)(C)C)C1CCCC1. The summed E-state index contributed by atoms with van der Waals surface area (Å²) in [4.78, 5) is 55.4. The quantitative estimate of drug-likeness (QED) is 0.183. The van der Waals surface area contributed by atoms with Crippen LogP contribution in [-0.2, 0) is 41.5 Å². The van der Waals surface area contributed by atoms with Crippen LogP contribution in [-0.4, -0.2) is 71.6 Å². The molecule has 2 aromatic rings. The van der Waals surface area contributed by atoms with Crippen molar-refractivity contribution in [2.24, 2.45) is 0 Å². The second-order valence-corrected chi connectivity index (χ2v) is 13.2. The van der Waals surface area contributed by atoms with Crippen LogP contribution in [0.3, 0.4) is 0 Å². The smallest absolute Gasteiger partial charge is 0.329 e. The highest BCUT2D eigenvalue weighted by molar-refractivity contribution is 5.90. The molecule has 0 spiro atoms. The monoisotopic (exact) mass is 635 g/mol. The van der Waals surface area contributed by atoms with Crippen LogP contribution in [0.4, 0.5) is 0 Å². The highest BCUT2D eigenvalue weighted by atomic mass is 16.6. The molecular formula is C37H53N3O6. The van der Waals surface area contributed by atoms with Crippen molar-refractivity contribution in [3.63, 3.8) is 0 Å². The highest BCUT2D eigenvalue weighted by Gasteiger charge is 2.34. The zero-order valence-corrected chi connectivity index (χ0v) is 28.3. The van der Waals surface area contributed by atoms with Gasteiger partial charge in [-0.05, 0) is 70.9 Å². The van der Waals surface area contributed by atoms with Gasteiger partial charge in [0.1, 0.15) is 17.7 Å². The van der Waals surface area contributed by atoms with E-state index in [-0.39, 0.29) is 30.9 Å². The molecule has 3 atom stereocenters. The molecule has 2 N–H and O–H groups in total. The zero-order valence-electron chi connectivity index (χ0n) is 28.3. The summed E-state index contributed by atoms with van der Waals surface area (Å²) in [6, 6.07) is 16.9. The summed E-state index contributed by atoms with van der Waals surface area (Å²) in [5.74, 6) is -1.60. The fourth-order valence-electron chi connectivity index (χ4n) is 5.68. The van der Waals surface area contributed by atoms with Crippen molar-refractivity contribution in [2.45, 2.75) is 122 Å². The highest BCUT2D eigenvalue weighted by Crippen LogP contribution is 2.24. The molecule has 0 radical (unpaired) electrons. The number of hydrogen-bond donors (Lipinski definition) is 2. The molecule has 2 aromatic carbocycles. The number of hydrogen-bond acceptors (Lipinski definition) is 7. The van der Waals surface area contributed by atoms with Crippen LogP contribution in [0.1, 0.15) is 90.7 Å². The molecule has 9 nitrogen and oxygen atoms in total. The van der Waals surface area contributed by atoms with Crippen LogP contribution in [0.2, 0.25) is 0 Å². The minimum Gasteiger partial charge on any atom is -0.465 e. The van der Waals surface area contributed by atoms with E-state index in [1.165, 1.54) is 0 Å². The van der Waals surface area contributed by atoms with Crippen molar-refractivity contribution in [2.75, 3.05) is 13.2 Å². The van der Waals surface area contributed by atoms with Crippen LogP contribution in [0.25, 0.3) is 0 Å². The fourth-order valence-corrected chi connectivity index (χ4v) is 5.68. The van der Waals surface area contributed by atoms with Crippen LogP contribution in [0, 0.1) is 0 Å². The summed E-state index contributed by atoms with van der Waals surface area (Å²) in [6.07, 6.45) is 6.57. The number of benzene rings is 2. The first-order valence-electron chi connectivity index (χ1n) is 16.8. The molecule has 1 fully saturated rings. The average Bonchev–Trinajstić information content (AvgIpc) is 3.56. The lowest BCUT2D eigenvalue weighted by Crippen LogP contribution is -2.56. The van der Waals surface area contributed by atoms with E-state index in [4.69, 9.17) is 9.47 Å². The molecule has 0 saturated heterocycles. The third kappa shape index (κ3) is 12.6. The molecule has 1 aliphatic rings. The van der Waals surface area contributed by atoms with E-state index in [2.05, 4.69) is 10.6 Å². The molecule has 0 aromatic heterocycles. The van der Waals surface area contributed by atoms with E-state index in [1.807, 2.05) is 67.6 Å². The summed E-state index contributed by atoms with van der Waals surface area (Å²) in [5, 5.41) is 6.10. The lowest BCUT2D eigenvalue weighted by atomic mass is 10.0. The standard InChI is InChI=1S/C37H53N3O6/c1-6-7-24-45-35(43)31(23-22-28-16-10-8-11-17-28)38-27(2)34(42)40(30-20-14-15-21-30)26-33(41)39-32(36(44)46-37(3,4)5)25-29-18-12-9-13-19-29/h8-13,16-19,27,30-32,38H,6-7,14-15,20-26H2,1-5H3,(H,39,41)/t27-,31+,32-/m0/s1. The van der Waals surface area contributed by atoms with E-state index in [0.717, 1.165) is 49.7 Å². The van der Waals surface area contributed by atoms with Crippen molar-refractivity contribution < 1.29 is 28.7 Å². The summed E-state index contributed by atoms with van der Waals surface area (Å²) in [5.41, 5.74) is 1.25. The Labute approximate surface area is 274 Å². The lowest BCUT2D eigenvalue weighted by Gasteiger charge is -2.33. The lowest BCUT2D eigenvalue weighted by molar-refractivity contribution is -0.158. The fraction of sp³-hybridized carbons (Fsp3) is 0.568. The van der Waals surface area contributed by atoms with E-state index >= 15 is 0 Å². The first kappa shape index (κ1) is 36.7. The van der Waals surface area contributed by atoms with Gasteiger partial charge < -0.3 is 19.7 Å². The van der Waals surface area contributed by atoms with Gasteiger partial charge in [0, 0.05) is 12.5 Å². The average molecular weight is 636 g/mol. The molecule has 2 amide bonds. The maximum atomic E-state index is 14.0. The maximum Gasteiger partial charge on any atom is 0.329 e. The van der Waals surface area contributed by atoms with Crippen molar-refractivity contribution in [1.29, 1.82) is 0 Å². The number of ether oxygens (including phenoxy) is 2. The van der Waals surface area contributed by atoms with Gasteiger partial charge in [-0.2, -0.15) is 0 Å². The molecule has 0 unspecified atom stereocenters. The number of amides is 2. The Balaban J connectivity index is 1.73. The van der Waals surface area contributed by atoms with Gasteiger partial charge in [0.25, 0.3) is 0 Å². The van der Waals surface area contributed by atoms with Crippen molar-refractivity contribution in [1.82, 2.24) is 15.5 Å². The Morgan fingerprint density at radius 1 is 0.891 bits per heavy atom. The molecular weight excluding hydrogens is 582 g/mol. The van der Waals surface area contributed by atoms with E-state index in [0.29, 0.717) is 19.4 Å². The molecule has 1 aliphatic carbocycles. The maximum absolute atomic E-state index is 14.0. The molecule has 1 saturated carbocycles. The molecule has 0 bridgehead atoms. The third-order valence-corrected chi connectivity index (χ3v) is 8.08. The van der Waals surface area contributed by atoms with Gasteiger partial charge in [0.05, 0.1) is 19.2 Å². The Kier molecular flexibility index (Phi) is 14.7. The van der Waals surface area contributed by atoms with Gasteiger partial charge in [0.15, 0.2) is 0 Å². The number of nitrogens with one attached hydrogen (secondary N) is 2. The molecule has 0 heterocycles. The summed E-state index contributed by atoms with van der Waals surface area (Å²) < 4.78 is 11.2. The number of rotatable bonds is 17. The third-order valence-electron chi connectivity index (χ3n) is 8.08. The number of carbonyl (C=O) groups excluding carboxylic acids is 4. The van der Waals surface area contributed by atoms with E-state index in [1.54, 1.807) is 32.6 Å². The van der Waals surface area contributed by atoms with Gasteiger partial charge in [0.2, 0.25) is 11.8 Å². The van der Waals surface area contributed by atoms with Crippen molar-refractivity contribution >= 4 is 23.8 Å². The van der Waals surface area contributed by atoms with Gasteiger partial charge in [-0.1, -0.05) is 86.8 Å². The normalized spacial score (nSPS) is 15.4. The van der Waals surface area contributed by atoms with Crippen LogP contribution in [0.15, 0.2) is 60.7 Å². The minimum absolute atomic E-state index is 0.101. The Morgan fingerprint density at radius 3 is 2.09 bits per heavy atom. The Hall–Kier alpha value is -3.72. The Bertz CT molecular complexity index is 1240. The first-order valence-corrected chi connectivity index (χ1v) is 16.8. The number of esters is 2. The predicted molar refractivity (Wildman–Crippen MR) is 179 cm³/mol. The topological polar surface area (TPSA) is 114 Å². The van der Waals surface area contributed by atoms with E-state index < -0.39 is 35.6 Å². The largest absolute Gasteiger partial charge is 0.465 e.